The molecule has 0 aliphatic rings. The van der Waals surface area contributed by atoms with Crippen LogP contribution in [0.4, 0.5) is 5.95 Å². The Balaban J connectivity index is 2.28. The third-order valence-electron chi connectivity index (χ3n) is 2.71. The third-order valence-corrected chi connectivity index (χ3v) is 3.20. The first-order chi connectivity index (χ1) is 11.2. The topological polar surface area (TPSA) is 200 Å². The molecule has 2 atom stereocenters. The maximum Gasteiger partial charge on any atom is 0.469 e. The van der Waals surface area contributed by atoms with Crippen LogP contribution < -0.4 is 11.3 Å². The van der Waals surface area contributed by atoms with Crippen molar-refractivity contribution in [3.63, 3.8) is 0 Å². The van der Waals surface area contributed by atoms with Gasteiger partial charge in [-0.1, -0.05) is 0 Å². The molecule has 0 amide bonds. The lowest BCUT2D eigenvalue weighted by atomic mass is 10.4. The Morgan fingerprint density at radius 1 is 1.42 bits per heavy atom. The van der Waals surface area contributed by atoms with E-state index in [2.05, 4.69) is 19.5 Å². The zero-order valence-electron chi connectivity index (χ0n) is 11.8. The zero-order valence-corrected chi connectivity index (χ0v) is 12.7. The van der Waals surface area contributed by atoms with E-state index in [0.717, 1.165) is 10.9 Å². The predicted octanol–water partition coefficient (Wildman–Crippen LogP) is -1.91. The Labute approximate surface area is 132 Å². The molecule has 2 heterocycles. The van der Waals surface area contributed by atoms with Gasteiger partial charge in [0.25, 0.3) is 5.56 Å². The second kappa shape index (κ2) is 6.98. The lowest BCUT2D eigenvalue weighted by Crippen LogP contribution is -2.27. The van der Waals surface area contributed by atoms with Crippen molar-refractivity contribution in [1.29, 1.82) is 0 Å². The number of carbonyl (C=O) groups is 2. The highest BCUT2D eigenvalue weighted by atomic mass is 31.2. The first kappa shape index (κ1) is 17.9. The minimum atomic E-state index is -4.82. The summed E-state index contributed by atoms with van der Waals surface area (Å²) >= 11 is 0. The molecule has 2 aromatic rings. The molecular formula is C10H12N5O8P. The summed E-state index contributed by atoms with van der Waals surface area (Å²) in [5.74, 6) is -0.226. The van der Waals surface area contributed by atoms with Crippen LogP contribution in [0.25, 0.3) is 11.2 Å². The molecule has 5 N–H and O–H groups in total. The van der Waals surface area contributed by atoms with Crippen LogP contribution in [-0.2, 0) is 23.4 Å². The second-order valence-electron chi connectivity index (χ2n) is 4.40. The summed E-state index contributed by atoms with van der Waals surface area (Å²) in [5.41, 5.74) is 4.58. The highest BCUT2D eigenvalue weighted by molar-refractivity contribution is 7.46. The molecule has 0 aliphatic heterocycles. The summed E-state index contributed by atoms with van der Waals surface area (Å²) in [6.07, 6.45) is -1.39. The monoisotopic (exact) mass is 361 g/mol. The van der Waals surface area contributed by atoms with E-state index >= 15 is 0 Å². The number of anilines is 1. The number of hydrogen-bond donors (Lipinski definition) is 4. The highest BCUT2D eigenvalue weighted by Crippen LogP contribution is 2.35. The van der Waals surface area contributed by atoms with Gasteiger partial charge in [0.2, 0.25) is 5.95 Å². The van der Waals surface area contributed by atoms with Gasteiger partial charge in [0.15, 0.2) is 30.0 Å². The number of imidazole rings is 1. The number of fused-ring (bicyclic) bond motifs is 1. The van der Waals surface area contributed by atoms with Crippen molar-refractivity contribution in [2.75, 3.05) is 12.3 Å². The van der Waals surface area contributed by atoms with Gasteiger partial charge in [-0.3, -0.25) is 23.7 Å². The van der Waals surface area contributed by atoms with E-state index in [1.165, 1.54) is 0 Å². The van der Waals surface area contributed by atoms with Gasteiger partial charge < -0.3 is 25.1 Å². The summed E-state index contributed by atoms with van der Waals surface area (Å²) in [6.45, 7) is -0.791. The summed E-state index contributed by atoms with van der Waals surface area (Å²) in [6, 6.07) is 0. The molecule has 0 bridgehead atoms. The Morgan fingerprint density at radius 2 is 2.12 bits per heavy atom. The van der Waals surface area contributed by atoms with Crippen molar-refractivity contribution in [2.45, 2.75) is 12.3 Å². The van der Waals surface area contributed by atoms with Gasteiger partial charge >= 0.3 is 7.82 Å². The minimum absolute atomic E-state index is 0.0751. The van der Waals surface area contributed by atoms with Crippen molar-refractivity contribution < 1.29 is 33.2 Å². The summed E-state index contributed by atoms with van der Waals surface area (Å²) < 4.78 is 20.9. The molecule has 13 nitrogen and oxygen atoms in total. The fourth-order valence-corrected chi connectivity index (χ4v) is 2.09. The van der Waals surface area contributed by atoms with Crippen LogP contribution in [0.15, 0.2) is 11.1 Å². The van der Waals surface area contributed by atoms with Gasteiger partial charge in [-0.15, -0.1) is 0 Å². The number of nitrogens with two attached hydrogens (primary N) is 1. The molecule has 0 saturated heterocycles. The highest BCUT2D eigenvalue weighted by Gasteiger charge is 2.24. The van der Waals surface area contributed by atoms with Crippen molar-refractivity contribution in [1.82, 2.24) is 19.5 Å². The number of nitrogens with zero attached hydrogens (tertiary/aromatic N) is 3. The van der Waals surface area contributed by atoms with Gasteiger partial charge in [-0.05, 0) is 0 Å². The first-order valence-corrected chi connectivity index (χ1v) is 7.76. The Kier molecular flexibility index (Phi) is 5.21. The van der Waals surface area contributed by atoms with E-state index < -0.39 is 32.3 Å². The van der Waals surface area contributed by atoms with Crippen LogP contribution in [0.1, 0.15) is 6.23 Å². The maximum atomic E-state index is 11.7. The van der Waals surface area contributed by atoms with E-state index in [0.29, 0.717) is 0 Å². The number of hydrogen-bond acceptors (Lipinski definition) is 9. The van der Waals surface area contributed by atoms with E-state index in [-0.39, 0.29) is 29.7 Å². The van der Waals surface area contributed by atoms with E-state index in [1.54, 1.807) is 0 Å². The van der Waals surface area contributed by atoms with Crippen molar-refractivity contribution in [3.8, 4) is 0 Å². The zero-order chi connectivity index (χ0) is 17.9. The number of ether oxygens (including phenoxy) is 1. The van der Waals surface area contributed by atoms with Gasteiger partial charge in [-0.25, -0.2) is 9.55 Å². The molecule has 1 unspecified atom stereocenters. The Bertz CT molecular complexity index is 857. The number of phosphoric acid groups is 1. The van der Waals surface area contributed by atoms with Gasteiger partial charge in [0.1, 0.15) is 6.10 Å². The van der Waals surface area contributed by atoms with Crippen molar-refractivity contribution >= 4 is 37.5 Å². The quantitative estimate of drug-likeness (QED) is 0.302. The molecular weight excluding hydrogens is 349 g/mol. The molecule has 14 heteroatoms. The fraction of sp³-hybridized carbons (Fsp3) is 0.300. The molecule has 0 aromatic carbocycles. The average molecular weight is 361 g/mol. The molecule has 130 valence electrons. The normalized spacial score (nSPS) is 14.4. The van der Waals surface area contributed by atoms with Crippen LogP contribution in [0, 0.1) is 0 Å². The lowest BCUT2D eigenvalue weighted by Gasteiger charge is -2.18. The maximum absolute atomic E-state index is 11.7. The van der Waals surface area contributed by atoms with E-state index in [1.807, 2.05) is 0 Å². The SMILES string of the molecule is Nc1nc2c(ncn2[C@@H](C=O)OC(C=O)COP(=O)(O)O)c(=O)[nH]1. The molecule has 0 aliphatic carbocycles. The fourth-order valence-electron chi connectivity index (χ4n) is 1.75. The second-order valence-corrected chi connectivity index (χ2v) is 5.64. The molecule has 24 heavy (non-hydrogen) atoms. The number of nitrogens with one attached hydrogen (secondary N) is 1. The number of rotatable bonds is 8. The number of nitrogen functional groups attached to an aromatic ring is 1. The number of H-pyrrole nitrogens is 1. The number of aldehydes is 2. The first-order valence-electron chi connectivity index (χ1n) is 6.23. The van der Waals surface area contributed by atoms with Gasteiger partial charge in [-0.2, -0.15) is 4.98 Å². The molecule has 2 aromatic heterocycles. The number of carbonyl (C=O) groups excluding carboxylic acids is 2. The average Bonchev–Trinajstić information content (AvgIpc) is 2.90. The number of phosphoric ester groups is 1. The molecule has 0 saturated carbocycles. The van der Waals surface area contributed by atoms with E-state index in [9.17, 15) is 18.9 Å². The van der Waals surface area contributed by atoms with Crippen LogP contribution >= 0.6 is 7.82 Å². The largest absolute Gasteiger partial charge is 0.469 e. The van der Waals surface area contributed by atoms with Crippen LogP contribution in [0.5, 0.6) is 0 Å². The van der Waals surface area contributed by atoms with E-state index in [4.69, 9.17) is 20.3 Å². The number of aromatic nitrogens is 4. The smallest absolute Gasteiger partial charge is 0.369 e. The Morgan fingerprint density at radius 3 is 2.71 bits per heavy atom. The predicted molar refractivity (Wildman–Crippen MR) is 76.6 cm³/mol. The molecule has 0 fully saturated rings. The molecule has 0 radical (unpaired) electrons. The molecule has 2 rings (SSSR count). The van der Waals surface area contributed by atoms with Crippen molar-refractivity contribution in [2.24, 2.45) is 0 Å². The van der Waals surface area contributed by atoms with Crippen LogP contribution in [0.2, 0.25) is 0 Å². The third kappa shape index (κ3) is 4.10. The summed E-state index contributed by atoms with van der Waals surface area (Å²) in [7, 11) is -4.82. The van der Waals surface area contributed by atoms with Crippen LogP contribution in [0.3, 0.4) is 0 Å². The van der Waals surface area contributed by atoms with Crippen LogP contribution in [-0.4, -0.2) is 54.6 Å². The van der Waals surface area contributed by atoms with Gasteiger partial charge in [0.05, 0.1) is 12.9 Å². The molecule has 0 spiro atoms. The summed E-state index contributed by atoms with van der Waals surface area (Å²) in [5, 5.41) is 0. The standard InChI is InChI=1S/C10H12N5O8P/c11-10-13-8-7(9(18)14-10)12-4-15(8)6(2-17)23-5(1-16)3-22-24(19,20)21/h1-2,4-6H,3H2,(H2,19,20,21)(H3,11,13,14,18)/t5?,6-/m1/s1. The van der Waals surface area contributed by atoms with Crippen molar-refractivity contribution in [3.05, 3.63) is 16.7 Å². The van der Waals surface area contributed by atoms with Gasteiger partial charge in [0, 0.05) is 0 Å². The number of aromatic amines is 1. The lowest BCUT2D eigenvalue weighted by molar-refractivity contribution is -0.139. The minimum Gasteiger partial charge on any atom is -0.369 e. The summed E-state index contributed by atoms with van der Waals surface area (Å²) in [4.78, 5) is 60.9. The Hall–Kier alpha value is -2.44.